The standard InChI is InChI=1S/C19H23FN4/c1-13-5-6-18(20)17-10-15(23-19(13)17)11-22-14-3-2-4-16(9-14)24-8-7-21-12-24/h2-6,9,15,21-23H,7-8,10-12H2,1H3. The Morgan fingerprint density at radius 2 is 2.21 bits per heavy atom. The summed E-state index contributed by atoms with van der Waals surface area (Å²) in [5, 5.41) is 10.3. The van der Waals surface area contributed by atoms with Gasteiger partial charge in [-0.1, -0.05) is 12.1 Å². The summed E-state index contributed by atoms with van der Waals surface area (Å²) in [6.45, 7) is 5.78. The number of rotatable bonds is 4. The van der Waals surface area contributed by atoms with Gasteiger partial charge in [0.2, 0.25) is 0 Å². The third-order valence-electron chi connectivity index (χ3n) is 4.89. The predicted molar refractivity (Wildman–Crippen MR) is 97.4 cm³/mol. The Balaban J connectivity index is 1.41. The van der Waals surface area contributed by atoms with Crippen LogP contribution in [0.15, 0.2) is 36.4 Å². The number of nitrogens with one attached hydrogen (secondary N) is 3. The zero-order valence-corrected chi connectivity index (χ0v) is 13.9. The second-order valence-electron chi connectivity index (χ2n) is 6.62. The van der Waals surface area contributed by atoms with Crippen LogP contribution >= 0.6 is 0 Å². The maximum atomic E-state index is 14.0. The molecule has 0 spiro atoms. The Bertz CT molecular complexity index is 709. The summed E-state index contributed by atoms with van der Waals surface area (Å²) in [7, 11) is 0. The Labute approximate surface area is 142 Å². The van der Waals surface area contributed by atoms with Crippen molar-refractivity contribution >= 4 is 17.1 Å². The quantitative estimate of drug-likeness (QED) is 0.808. The smallest absolute Gasteiger partial charge is 0.128 e. The van der Waals surface area contributed by atoms with E-state index in [0.29, 0.717) is 0 Å². The second kappa shape index (κ2) is 6.32. The molecule has 1 atom stereocenters. The average Bonchev–Trinajstić information content (AvgIpc) is 3.27. The number of nitrogens with zero attached hydrogens (tertiary/aromatic N) is 1. The molecule has 0 aromatic heterocycles. The topological polar surface area (TPSA) is 39.3 Å². The van der Waals surface area contributed by atoms with Crippen LogP contribution in [0.4, 0.5) is 21.5 Å². The number of fused-ring (bicyclic) bond motifs is 1. The maximum absolute atomic E-state index is 14.0. The van der Waals surface area contributed by atoms with Crippen LogP contribution in [-0.4, -0.2) is 32.3 Å². The van der Waals surface area contributed by atoms with E-state index in [4.69, 9.17) is 0 Å². The minimum absolute atomic E-state index is 0.103. The third-order valence-corrected chi connectivity index (χ3v) is 4.89. The first-order chi connectivity index (χ1) is 11.7. The Morgan fingerprint density at radius 1 is 1.29 bits per heavy atom. The van der Waals surface area contributed by atoms with Crippen LogP contribution in [0.25, 0.3) is 0 Å². The summed E-state index contributed by atoms with van der Waals surface area (Å²) in [4.78, 5) is 2.33. The zero-order valence-electron chi connectivity index (χ0n) is 13.9. The number of benzene rings is 2. The molecule has 1 fully saturated rings. The van der Waals surface area contributed by atoms with E-state index in [1.165, 1.54) is 5.69 Å². The Kier molecular flexibility index (Phi) is 4.02. The van der Waals surface area contributed by atoms with Crippen molar-refractivity contribution in [3.8, 4) is 0 Å². The number of hydrogen-bond donors (Lipinski definition) is 3. The molecule has 0 saturated carbocycles. The molecule has 126 valence electrons. The van der Waals surface area contributed by atoms with Gasteiger partial charge < -0.3 is 15.5 Å². The van der Waals surface area contributed by atoms with Crippen LogP contribution in [0.2, 0.25) is 0 Å². The van der Waals surface area contributed by atoms with Crippen LogP contribution in [0, 0.1) is 12.7 Å². The molecule has 3 N–H and O–H groups in total. The summed E-state index contributed by atoms with van der Waals surface area (Å²) in [6.07, 6.45) is 0.728. The molecule has 24 heavy (non-hydrogen) atoms. The molecule has 2 aromatic carbocycles. The van der Waals surface area contributed by atoms with E-state index in [9.17, 15) is 4.39 Å². The number of anilines is 3. The highest BCUT2D eigenvalue weighted by atomic mass is 19.1. The molecule has 2 aliphatic rings. The van der Waals surface area contributed by atoms with Crippen molar-refractivity contribution in [1.82, 2.24) is 5.32 Å². The van der Waals surface area contributed by atoms with E-state index in [-0.39, 0.29) is 11.9 Å². The summed E-state index contributed by atoms with van der Waals surface area (Å²) >= 11 is 0. The lowest BCUT2D eigenvalue weighted by Crippen LogP contribution is -2.26. The van der Waals surface area contributed by atoms with Crippen molar-refractivity contribution in [3.63, 3.8) is 0 Å². The van der Waals surface area contributed by atoms with Crippen LogP contribution in [0.5, 0.6) is 0 Å². The van der Waals surface area contributed by atoms with Crippen molar-refractivity contribution in [2.24, 2.45) is 0 Å². The molecular formula is C19H23FN4. The van der Waals surface area contributed by atoms with Gasteiger partial charge in [-0.3, -0.25) is 5.32 Å². The molecule has 4 nitrogen and oxygen atoms in total. The summed E-state index contributed by atoms with van der Waals surface area (Å²) < 4.78 is 14.0. The fraction of sp³-hybridized carbons (Fsp3) is 0.368. The molecule has 0 radical (unpaired) electrons. The molecule has 4 rings (SSSR count). The van der Waals surface area contributed by atoms with Gasteiger partial charge in [0.05, 0.1) is 6.67 Å². The summed E-state index contributed by atoms with van der Waals surface area (Å²) in [5.41, 5.74) is 5.23. The highest BCUT2D eigenvalue weighted by Crippen LogP contribution is 2.31. The first-order valence-electron chi connectivity index (χ1n) is 8.55. The summed E-state index contributed by atoms with van der Waals surface area (Å²) in [5.74, 6) is -0.103. The van der Waals surface area contributed by atoms with E-state index in [2.05, 4.69) is 45.1 Å². The van der Waals surface area contributed by atoms with E-state index in [1.54, 1.807) is 6.07 Å². The molecule has 5 heteroatoms. The lowest BCUT2D eigenvalue weighted by Gasteiger charge is -2.19. The molecule has 2 heterocycles. The zero-order chi connectivity index (χ0) is 16.5. The minimum atomic E-state index is -0.103. The van der Waals surface area contributed by atoms with Crippen LogP contribution in [-0.2, 0) is 6.42 Å². The molecule has 0 amide bonds. The minimum Gasteiger partial charge on any atom is -0.383 e. The van der Waals surface area contributed by atoms with E-state index >= 15 is 0 Å². The van der Waals surface area contributed by atoms with Crippen molar-refractivity contribution in [2.75, 3.05) is 41.8 Å². The SMILES string of the molecule is Cc1ccc(F)c2c1NC(CNc1cccc(N3CCNC3)c1)C2. The van der Waals surface area contributed by atoms with E-state index in [0.717, 1.165) is 55.2 Å². The highest BCUT2D eigenvalue weighted by Gasteiger charge is 2.24. The fourth-order valence-electron chi connectivity index (χ4n) is 3.55. The predicted octanol–water partition coefficient (Wildman–Crippen LogP) is 2.95. The normalized spacial score (nSPS) is 19.2. The van der Waals surface area contributed by atoms with Crippen molar-refractivity contribution in [3.05, 3.63) is 53.3 Å². The first-order valence-corrected chi connectivity index (χ1v) is 8.55. The monoisotopic (exact) mass is 326 g/mol. The van der Waals surface area contributed by atoms with Crippen LogP contribution < -0.4 is 20.9 Å². The first kappa shape index (κ1) is 15.3. The van der Waals surface area contributed by atoms with Gasteiger partial charge in [0.15, 0.2) is 0 Å². The molecular weight excluding hydrogens is 303 g/mol. The second-order valence-corrected chi connectivity index (χ2v) is 6.62. The largest absolute Gasteiger partial charge is 0.383 e. The lowest BCUT2D eigenvalue weighted by atomic mass is 10.1. The molecule has 0 bridgehead atoms. The Hall–Kier alpha value is -2.27. The van der Waals surface area contributed by atoms with Gasteiger partial charge in [-0.2, -0.15) is 0 Å². The number of aryl methyl sites for hydroxylation is 1. The van der Waals surface area contributed by atoms with Gasteiger partial charge in [0.1, 0.15) is 5.82 Å². The van der Waals surface area contributed by atoms with E-state index < -0.39 is 0 Å². The van der Waals surface area contributed by atoms with Gasteiger partial charge in [0, 0.05) is 48.3 Å². The molecule has 2 aliphatic heterocycles. The van der Waals surface area contributed by atoms with Crippen LogP contribution in [0.1, 0.15) is 11.1 Å². The average molecular weight is 326 g/mol. The van der Waals surface area contributed by atoms with E-state index in [1.807, 2.05) is 13.0 Å². The third kappa shape index (κ3) is 2.91. The van der Waals surface area contributed by atoms with Crippen molar-refractivity contribution in [1.29, 1.82) is 0 Å². The molecule has 1 saturated heterocycles. The number of halogens is 1. The lowest BCUT2D eigenvalue weighted by molar-refractivity contribution is 0.609. The van der Waals surface area contributed by atoms with Gasteiger partial charge >= 0.3 is 0 Å². The van der Waals surface area contributed by atoms with Crippen molar-refractivity contribution < 1.29 is 4.39 Å². The van der Waals surface area contributed by atoms with Gasteiger partial charge in [-0.25, -0.2) is 4.39 Å². The molecule has 2 aromatic rings. The maximum Gasteiger partial charge on any atom is 0.128 e. The number of hydrogen-bond acceptors (Lipinski definition) is 4. The van der Waals surface area contributed by atoms with Gasteiger partial charge in [-0.15, -0.1) is 0 Å². The highest BCUT2D eigenvalue weighted by molar-refractivity contribution is 5.63. The van der Waals surface area contributed by atoms with Crippen molar-refractivity contribution in [2.45, 2.75) is 19.4 Å². The van der Waals surface area contributed by atoms with Crippen LogP contribution in [0.3, 0.4) is 0 Å². The fourth-order valence-corrected chi connectivity index (χ4v) is 3.55. The Morgan fingerprint density at radius 3 is 3.00 bits per heavy atom. The van der Waals surface area contributed by atoms with Gasteiger partial charge in [-0.05, 0) is 43.2 Å². The summed E-state index contributed by atoms with van der Waals surface area (Å²) in [6, 6.07) is 12.1. The molecule has 1 unspecified atom stereocenters. The molecule has 0 aliphatic carbocycles. The van der Waals surface area contributed by atoms with Gasteiger partial charge in [0.25, 0.3) is 0 Å².